The number of fused-ring (bicyclic) bond motifs is 4. The molecule has 0 radical (unpaired) electrons. The molecule has 0 unspecified atom stereocenters. The summed E-state index contributed by atoms with van der Waals surface area (Å²) in [6, 6.07) is 85.4. The number of hydrogen-bond donors (Lipinski definition) is 0. The van der Waals surface area contributed by atoms with E-state index in [2.05, 4.69) is 252 Å². The molecule has 0 atom stereocenters. The number of rotatable bonds is 9. The van der Waals surface area contributed by atoms with Crippen LogP contribution in [0.5, 0.6) is 23.0 Å². The van der Waals surface area contributed by atoms with Gasteiger partial charge >= 0.3 is 0 Å². The smallest absolute Gasteiger partial charge is 0.153 e. The Hall–Kier alpha value is -9.00. The van der Waals surface area contributed by atoms with Crippen LogP contribution in [-0.4, -0.2) is 0 Å². The summed E-state index contributed by atoms with van der Waals surface area (Å²) in [5, 5.41) is 0. The minimum atomic E-state index is 0.793. The number of nitrogens with zero attached hydrogens (tertiary/aromatic N) is 4. The summed E-state index contributed by atoms with van der Waals surface area (Å²) >= 11 is 0. The van der Waals surface area contributed by atoms with Gasteiger partial charge in [-0.3, -0.25) is 0 Å². The van der Waals surface area contributed by atoms with Crippen molar-refractivity contribution in [2.45, 2.75) is 13.8 Å². The second-order valence-electron chi connectivity index (χ2n) is 17.2. The monoisotopic (exact) mass is 878 g/mol. The predicted molar refractivity (Wildman–Crippen MR) is 280 cm³/mol. The SMILES string of the molecule is Cc1ccc(N2c3ccccc3Oc3cc(N(c4ccccc4)c4ccc(-c5ccc(N(c6ccccc6)c6ccc7c(c6)Oc6ccccc6N7c6ccc(C)cc6)cc5)cc4)ccc32)cc1. The third kappa shape index (κ3) is 7.44. The van der Waals surface area contributed by atoms with Crippen LogP contribution in [0, 0.1) is 13.8 Å². The number of benzene rings is 10. The van der Waals surface area contributed by atoms with Crippen molar-refractivity contribution in [3.05, 3.63) is 254 Å². The van der Waals surface area contributed by atoms with Gasteiger partial charge in [0.15, 0.2) is 23.0 Å². The molecular formula is C62H46N4O2. The van der Waals surface area contributed by atoms with E-state index in [4.69, 9.17) is 9.47 Å². The molecule has 10 aromatic rings. The second kappa shape index (κ2) is 17.1. The highest BCUT2D eigenvalue weighted by Crippen LogP contribution is 2.54. The lowest BCUT2D eigenvalue weighted by Gasteiger charge is -2.34. The molecule has 2 aliphatic heterocycles. The zero-order valence-corrected chi connectivity index (χ0v) is 37.7. The number of anilines is 12. The lowest BCUT2D eigenvalue weighted by Crippen LogP contribution is -2.17. The minimum absolute atomic E-state index is 0.793. The van der Waals surface area contributed by atoms with Gasteiger partial charge in [-0.1, -0.05) is 120 Å². The summed E-state index contributed by atoms with van der Waals surface area (Å²) in [7, 11) is 0. The zero-order chi connectivity index (χ0) is 45.6. The van der Waals surface area contributed by atoms with Crippen LogP contribution in [0.1, 0.15) is 11.1 Å². The minimum Gasteiger partial charge on any atom is -0.453 e. The summed E-state index contributed by atoms with van der Waals surface area (Å²) < 4.78 is 13.3. The van der Waals surface area contributed by atoms with E-state index in [0.29, 0.717) is 0 Å². The maximum absolute atomic E-state index is 6.66. The molecule has 10 aromatic carbocycles. The van der Waals surface area contributed by atoms with Crippen molar-refractivity contribution in [1.29, 1.82) is 0 Å². The Morgan fingerprint density at radius 3 is 1.00 bits per heavy atom. The molecule has 0 spiro atoms. The molecule has 6 nitrogen and oxygen atoms in total. The fourth-order valence-corrected chi connectivity index (χ4v) is 9.37. The number of para-hydroxylation sites is 6. The summed E-state index contributed by atoms with van der Waals surface area (Å²) in [6.07, 6.45) is 0. The average molecular weight is 879 g/mol. The molecule has 0 saturated heterocycles. The molecule has 68 heavy (non-hydrogen) atoms. The Labute approximate surface area is 397 Å². The van der Waals surface area contributed by atoms with Crippen LogP contribution in [0.3, 0.4) is 0 Å². The van der Waals surface area contributed by atoms with E-state index in [9.17, 15) is 0 Å². The van der Waals surface area contributed by atoms with Gasteiger partial charge in [0.2, 0.25) is 0 Å². The van der Waals surface area contributed by atoms with Crippen LogP contribution < -0.4 is 29.1 Å². The quantitative estimate of drug-likeness (QED) is 0.144. The Bertz CT molecular complexity index is 3180. The first-order valence-electron chi connectivity index (χ1n) is 23.0. The summed E-state index contributed by atoms with van der Waals surface area (Å²) in [6.45, 7) is 4.23. The highest BCUT2D eigenvalue weighted by molar-refractivity contribution is 5.91. The van der Waals surface area contributed by atoms with Crippen LogP contribution in [0.2, 0.25) is 0 Å². The van der Waals surface area contributed by atoms with Crippen LogP contribution in [-0.2, 0) is 0 Å². The van der Waals surface area contributed by atoms with E-state index < -0.39 is 0 Å². The fourth-order valence-electron chi connectivity index (χ4n) is 9.37. The Morgan fingerprint density at radius 1 is 0.279 bits per heavy atom. The molecule has 0 fully saturated rings. The molecule has 12 rings (SSSR count). The summed E-state index contributed by atoms with van der Waals surface area (Å²) in [5.41, 5.74) is 17.0. The summed E-state index contributed by atoms with van der Waals surface area (Å²) in [5.74, 6) is 3.22. The third-order valence-electron chi connectivity index (χ3n) is 12.7. The maximum Gasteiger partial charge on any atom is 0.153 e. The lowest BCUT2D eigenvalue weighted by atomic mass is 10.0. The molecule has 0 bridgehead atoms. The molecule has 0 saturated carbocycles. The molecule has 0 amide bonds. The van der Waals surface area contributed by atoms with Crippen molar-refractivity contribution < 1.29 is 9.47 Å². The van der Waals surface area contributed by atoms with Gasteiger partial charge in [0.05, 0.1) is 22.7 Å². The first-order valence-corrected chi connectivity index (χ1v) is 23.0. The number of aryl methyl sites for hydroxylation is 2. The maximum atomic E-state index is 6.66. The van der Waals surface area contributed by atoms with Gasteiger partial charge in [0, 0.05) is 57.6 Å². The van der Waals surface area contributed by atoms with Crippen LogP contribution >= 0.6 is 0 Å². The van der Waals surface area contributed by atoms with Gasteiger partial charge < -0.3 is 29.1 Å². The second-order valence-corrected chi connectivity index (χ2v) is 17.2. The van der Waals surface area contributed by atoms with E-state index >= 15 is 0 Å². The van der Waals surface area contributed by atoms with Gasteiger partial charge in [-0.2, -0.15) is 0 Å². The Morgan fingerprint density at radius 2 is 0.603 bits per heavy atom. The standard InChI is InChI=1S/C62H46N4O2/c1-43-21-29-51(30-22-43)65-55-17-9-11-19-59(55)67-61-41-53(37-39-57(61)65)63(47-13-5-3-6-14-47)49-33-25-45(26-34-49)46-27-35-50(36-28-46)64(48-15-7-4-8-16-48)54-38-40-58-62(42-54)68-60-20-12-10-18-56(60)66(58)52-31-23-44(2)24-32-52/h3-42H,1-2H3. The zero-order valence-electron chi connectivity index (χ0n) is 37.7. The predicted octanol–water partition coefficient (Wildman–Crippen LogP) is 18.1. The van der Waals surface area contributed by atoms with Gasteiger partial charge in [-0.05, 0) is 146 Å². The van der Waals surface area contributed by atoms with E-state index in [1.54, 1.807) is 0 Å². The van der Waals surface area contributed by atoms with E-state index in [1.807, 2.05) is 24.3 Å². The molecule has 6 heteroatoms. The molecule has 0 aromatic heterocycles. The van der Waals surface area contributed by atoms with E-state index in [0.717, 1.165) is 102 Å². The van der Waals surface area contributed by atoms with Crippen molar-refractivity contribution in [1.82, 2.24) is 0 Å². The van der Waals surface area contributed by atoms with Gasteiger partial charge in [-0.25, -0.2) is 0 Å². The first-order chi connectivity index (χ1) is 33.5. The lowest BCUT2D eigenvalue weighted by molar-refractivity contribution is 0.477. The van der Waals surface area contributed by atoms with Crippen molar-refractivity contribution in [3.8, 4) is 34.1 Å². The molecule has 2 heterocycles. The van der Waals surface area contributed by atoms with Crippen molar-refractivity contribution in [2.75, 3.05) is 19.6 Å². The van der Waals surface area contributed by atoms with Gasteiger partial charge in [0.1, 0.15) is 0 Å². The number of ether oxygens (including phenoxy) is 2. The topological polar surface area (TPSA) is 31.4 Å². The largest absolute Gasteiger partial charge is 0.453 e. The first kappa shape index (κ1) is 40.5. The van der Waals surface area contributed by atoms with Gasteiger partial charge in [-0.15, -0.1) is 0 Å². The molecule has 326 valence electrons. The van der Waals surface area contributed by atoms with E-state index in [1.165, 1.54) is 11.1 Å². The Balaban J connectivity index is 0.863. The number of hydrogen-bond acceptors (Lipinski definition) is 6. The fraction of sp³-hybridized carbons (Fsp3) is 0.0323. The van der Waals surface area contributed by atoms with E-state index in [-0.39, 0.29) is 0 Å². The normalized spacial score (nSPS) is 12.1. The Kier molecular flexibility index (Phi) is 10.2. The highest BCUT2D eigenvalue weighted by atomic mass is 16.5. The van der Waals surface area contributed by atoms with Crippen molar-refractivity contribution in [3.63, 3.8) is 0 Å². The highest BCUT2D eigenvalue weighted by Gasteiger charge is 2.29. The van der Waals surface area contributed by atoms with Crippen molar-refractivity contribution >= 4 is 68.2 Å². The molecular weight excluding hydrogens is 833 g/mol. The van der Waals surface area contributed by atoms with Crippen LogP contribution in [0.4, 0.5) is 68.2 Å². The summed E-state index contributed by atoms with van der Waals surface area (Å²) in [4.78, 5) is 9.13. The van der Waals surface area contributed by atoms with Crippen LogP contribution in [0.25, 0.3) is 11.1 Å². The molecule has 2 aliphatic rings. The van der Waals surface area contributed by atoms with Gasteiger partial charge in [0.25, 0.3) is 0 Å². The van der Waals surface area contributed by atoms with Crippen molar-refractivity contribution in [2.24, 2.45) is 0 Å². The van der Waals surface area contributed by atoms with Crippen LogP contribution in [0.15, 0.2) is 243 Å². The molecule has 0 aliphatic carbocycles. The third-order valence-corrected chi connectivity index (χ3v) is 12.7. The average Bonchev–Trinajstić information content (AvgIpc) is 3.39. The molecule has 0 N–H and O–H groups in total.